The van der Waals surface area contributed by atoms with Gasteiger partial charge in [0.2, 0.25) is 0 Å². The number of rotatable bonds is 5. The number of aromatic nitrogens is 1. The van der Waals surface area contributed by atoms with Gasteiger partial charge in [-0.2, -0.15) is 0 Å². The van der Waals surface area contributed by atoms with Crippen LogP contribution < -0.4 is 5.32 Å². The summed E-state index contributed by atoms with van der Waals surface area (Å²) in [5.74, 6) is 1.92. The lowest BCUT2D eigenvalue weighted by Gasteiger charge is -2.27. The number of hydrogen-bond donors (Lipinski definition) is 1. The van der Waals surface area contributed by atoms with Crippen LogP contribution in [0.2, 0.25) is 10.0 Å². The zero-order chi connectivity index (χ0) is 20.5. The van der Waals surface area contributed by atoms with Crippen LogP contribution in [0.5, 0.6) is 0 Å². The number of benzene rings is 1. The highest BCUT2D eigenvalue weighted by atomic mass is 35.5. The molecule has 1 N–H and O–H groups in total. The van der Waals surface area contributed by atoms with Gasteiger partial charge in [0.25, 0.3) is 0 Å². The molecule has 0 aliphatic carbocycles. The number of nitrogens with one attached hydrogen (secondary N) is 1. The SMILES string of the molecule is CC(C)CN1C(=S)N[C@@H](c2ccccn2)[C@H]1c1ccc(-c2cccc(Cl)c2Cl)o1. The highest BCUT2D eigenvalue weighted by molar-refractivity contribution is 7.80. The Morgan fingerprint density at radius 2 is 1.97 bits per heavy atom. The Morgan fingerprint density at radius 3 is 2.69 bits per heavy atom. The third kappa shape index (κ3) is 4.00. The van der Waals surface area contributed by atoms with Gasteiger partial charge in [0.1, 0.15) is 17.6 Å². The van der Waals surface area contributed by atoms with Crippen LogP contribution in [0, 0.1) is 5.92 Å². The van der Waals surface area contributed by atoms with Gasteiger partial charge in [0, 0.05) is 18.3 Å². The molecule has 0 amide bonds. The van der Waals surface area contributed by atoms with E-state index < -0.39 is 0 Å². The smallest absolute Gasteiger partial charge is 0.170 e. The Morgan fingerprint density at radius 1 is 1.14 bits per heavy atom. The molecule has 2 aromatic heterocycles. The van der Waals surface area contributed by atoms with E-state index in [2.05, 4.69) is 29.0 Å². The molecule has 4 nitrogen and oxygen atoms in total. The number of hydrogen-bond acceptors (Lipinski definition) is 3. The second-order valence-corrected chi connectivity index (χ2v) is 8.65. The van der Waals surface area contributed by atoms with Crippen molar-refractivity contribution in [3.63, 3.8) is 0 Å². The molecular formula is C22H21Cl2N3OS. The van der Waals surface area contributed by atoms with Gasteiger partial charge in [-0.3, -0.25) is 4.98 Å². The molecule has 1 aliphatic heterocycles. The van der Waals surface area contributed by atoms with Crippen LogP contribution in [-0.2, 0) is 0 Å². The third-order valence-corrected chi connectivity index (χ3v) is 6.07. The zero-order valence-corrected chi connectivity index (χ0v) is 18.4. The fourth-order valence-corrected chi connectivity index (χ4v) is 4.36. The number of nitrogens with zero attached hydrogens (tertiary/aromatic N) is 2. The maximum absolute atomic E-state index is 6.40. The molecule has 1 saturated heterocycles. The first-order chi connectivity index (χ1) is 14.0. The van der Waals surface area contributed by atoms with E-state index in [1.165, 1.54) is 0 Å². The average molecular weight is 446 g/mol. The summed E-state index contributed by atoms with van der Waals surface area (Å²) in [6.07, 6.45) is 1.79. The molecule has 3 aromatic rings. The van der Waals surface area contributed by atoms with Gasteiger partial charge < -0.3 is 14.6 Å². The van der Waals surface area contributed by atoms with Crippen molar-refractivity contribution in [3.05, 3.63) is 76.2 Å². The van der Waals surface area contributed by atoms with Crippen molar-refractivity contribution >= 4 is 40.5 Å². The number of halogens is 2. The fourth-order valence-electron chi connectivity index (χ4n) is 3.66. The summed E-state index contributed by atoms with van der Waals surface area (Å²) in [5.41, 5.74) is 1.69. The first-order valence-electron chi connectivity index (χ1n) is 9.48. The molecule has 7 heteroatoms. The fraction of sp³-hybridized carbons (Fsp3) is 0.273. The predicted octanol–water partition coefficient (Wildman–Crippen LogP) is 6.28. The van der Waals surface area contributed by atoms with Crippen LogP contribution in [0.3, 0.4) is 0 Å². The summed E-state index contributed by atoms with van der Waals surface area (Å²) in [7, 11) is 0. The summed E-state index contributed by atoms with van der Waals surface area (Å²) in [6.45, 7) is 5.16. The highest BCUT2D eigenvalue weighted by Gasteiger charge is 2.41. The quantitative estimate of drug-likeness (QED) is 0.468. The molecule has 0 saturated carbocycles. The Bertz CT molecular complexity index is 1020. The van der Waals surface area contributed by atoms with E-state index in [1.54, 1.807) is 12.3 Å². The van der Waals surface area contributed by atoms with E-state index >= 15 is 0 Å². The van der Waals surface area contributed by atoms with E-state index in [0.29, 0.717) is 26.8 Å². The molecular weight excluding hydrogens is 425 g/mol. The maximum Gasteiger partial charge on any atom is 0.170 e. The number of thiocarbonyl (C=S) groups is 1. The maximum atomic E-state index is 6.40. The van der Waals surface area contributed by atoms with Crippen LogP contribution in [0.15, 0.2) is 59.1 Å². The summed E-state index contributed by atoms with van der Waals surface area (Å²) < 4.78 is 6.29. The van der Waals surface area contributed by atoms with Gasteiger partial charge in [0.05, 0.1) is 21.8 Å². The first kappa shape index (κ1) is 20.2. The molecule has 1 aromatic carbocycles. The largest absolute Gasteiger partial charge is 0.459 e. The minimum absolute atomic E-state index is 0.101. The van der Waals surface area contributed by atoms with Gasteiger partial charge in [-0.25, -0.2) is 0 Å². The molecule has 29 heavy (non-hydrogen) atoms. The van der Waals surface area contributed by atoms with Crippen molar-refractivity contribution in [1.82, 2.24) is 15.2 Å². The predicted molar refractivity (Wildman–Crippen MR) is 121 cm³/mol. The molecule has 0 radical (unpaired) electrons. The van der Waals surface area contributed by atoms with Gasteiger partial charge in [-0.1, -0.05) is 49.2 Å². The Hall–Kier alpha value is -2.08. The van der Waals surface area contributed by atoms with Crippen molar-refractivity contribution in [2.24, 2.45) is 5.92 Å². The molecule has 150 valence electrons. The normalized spacial score (nSPS) is 19.1. The van der Waals surface area contributed by atoms with Crippen molar-refractivity contribution in [2.75, 3.05) is 6.54 Å². The topological polar surface area (TPSA) is 41.3 Å². The number of furan rings is 1. The average Bonchev–Trinajstić information content (AvgIpc) is 3.29. The van der Waals surface area contributed by atoms with Crippen LogP contribution in [0.4, 0.5) is 0 Å². The molecule has 1 fully saturated rings. The number of pyridine rings is 1. The molecule has 0 bridgehead atoms. The monoisotopic (exact) mass is 445 g/mol. The van der Waals surface area contributed by atoms with E-state index in [1.807, 2.05) is 42.5 Å². The van der Waals surface area contributed by atoms with Crippen LogP contribution in [0.25, 0.3) is 11.3 Å². The highest BCUT2D eigenvalue weighted by Crippen LogP contribution is 2.42. The van der Waals surface area contributed by atoms with Crippen molar-refractivity contribution in [1.29, 1.82) is 0 Å². The molecule has 0 spiro atoms. The van der Waals surface area contributed by atoms with E-state index in [9.17, 15) is 0 Å². The molecule has 3 heterocycles. The Balaban J connectivity index is 1.75. The van der Waals surface area contributed by atoms with Gasteiger partial charge >= 0.3 is 0 Å². The van der Waals surface area contributed by atoms with Crippen LogP contribution >= 0.6 is 35.4 Å². The van der Waals surface area contributed by atoms with E-state index in [0.717, 1.165) is 23.6 Å². The minimum Gasteiger partial charge on any atom is -0.459 e. The molecule has 0 unspecified atom stereocenters. The summed E-state index contributed by atoms with van der Waals surface area (Å²) in [6, 6.07) is 15.1. The van der Waals surface area contributed by atoms with Crippen LogP contribution in [0.1, 0.15) is 37.4 Å². The Kier molecular flexibility index (Phi) is 5.81. The van der Waals surface area contributed by atoms with Gasteiger partial charge in [-0.05, 0) is 54.5 Å². The first-order valence-corrected chi connectivity index (χ1v) is 10.6. The Labute approximate surface area is 185 Å². The lowest BCUT2D eigenvalue weighted by atomic mass is 10.0. The lowest BCUT2D eigenvalue weighted by molar-refractivity contribution is 0.253. The van der Waals surface area contributed by atoms with Gasteiger partial charge in [0.15, 0.2) is 5.11 Å². The van der Waals surface area contributed by atoms with Crippen molar-refractivity contribution in [2.45, 2.75) is 25.9 Å². The third-order valence-electron chi connectivity index (χ3n) is 4.89. The standard InChI is InChI=1S/C22H21Cl2N3OS/c1-13(2)12-27-21(20(26-22(27)29)16-8-3-4-11-25-16)18-10-9-17(28-18)14-6-5-7-15(23)19(14)24/h3-11,13,20-21H,12H2,1-2H3,(H,26,29)/t20-,21+/m0/s1. The van der Waals surface area contributed by atoms with E-state index in [4.69, 9.17) is 39.8 Å². The second kappa shape index (κ2) is 8.34. The zero-order valence-electron chi connectivity index (χ0n) is 16.1. The van der Waals surface area contributed by atoms with Crippen molar-refractivity contribution in [3.8, 4) is 11.3 Å². The van der Waals surface area contributed by atoms with Crippen LogP contribution in [-0.4, -0.2) is 21.5 Å². The molecule has 1 aliphatic rings. The van der Waals surface area contributed by atoms with E-state index in [-0.39, 0.29) is 12.1 Å². The molecule has 4 rings (SSSR count). The second-order valence-electron chi connectivity index (χ2n) is 7.48. The van der Waals surface area contributed by atoms with Gasteiger partial charge in [-0.15, -0.1) is 0 Å². The summed E-state index contributed by atoms with van der Waals surface area (Å²) in [5, 5.41) is 5.12. The minimum atomic E-state index is -0.105. The van der Waals surface area contributed by atoms with Crippen molar-refractivity contribution < 1.29 is 4.42 Å². The molecule has 2 atom stereocenters. The lowest BCUT2D eigenvalue weighted by Crippen LogP contribution is -2.32. The summed E-state index contributed by atoms with van der Waals surface area (Å²) in [4.78, 5) is 6.73. The summed E-state index contributed by atoms with van der Waals surface area (Å²) >= 11 is 18.2.